The minimum Gasteiger partial charge on any atom is -0.350 e. The van der Waals surface area contributed by atoms with Crippen LogP contribution in [0.25, 0.3) is 0 Å². The van der Waals surface area contributed by atoms with E-state index in [9.17, 15) is 19.6 Å². The summed E-state index contributed by atoms with van der Waals surface area (Å²) in [5, 5.41) is 15.6. The molecule has 0 bridgehead atoms. The van der Waals surface area contributed by atoms with Crippen molar-refractivity contribution >= 4 is 35.0 Å². The van der Waals surface area contributed by atoms with Crippen molar-refractivity contribution in [3.8, 4) is 6.07 Å². The molecule has 3 aliphatic rings. The van der Waals surface area contributed by atoms with Crippen LogP contribution in [-0.4, -0.2) is 52.8 Å². The van der Waals surface area contributed by atoms with Gasteiger partial charge in [0.1, 0.15) is 17.5 Å². The van der Waals surface area contributed by atoms with Gasteiger partial charge in [-0.05, 0) is 61.6 Å². The third kappa shape index (κ3) is 5.69. The molecule has 8 nitrogen and oxygen atoms in total. The third-order valence-corrected chi connectivity index (χ3v) is 8.92. The van der Waals surface area contributed by atoms with E-state index in [1.54, 1.807) is 16.7 Å². The Balaban J connectivity index is 1.40. The fourth-order valence-electron chi connectivity index (χ4n) is 5.04. The molecular weight excluding hydrogens is 486 g/mol. The predicted molar refractivity (Wildman–Crippen MR) is 145 cm³/mol. The maximum absolute atomic E-state index is 13.6. The topological polar surface area (TPSA) is 115 Å². The number of hydrogen-bond donors (Lipinski definition) is 2. The quantitative estimate of drug-likeness (QED) is 0.566. The first-order chi connectivity index (χ1) is 17.5. The van der Waals surface area contributed by atoms with Crippen LogP contribution < -0.4 is 10.6 Å². The van der Waals surface area contributed by atoms with Crippen LogP contribution in [0.3, 0.4) is 0 Å². The van der Waals surface area contributed by atoms with Crippen LogP contribution in [0, 0.1) is 29.1 Å². The molecule has 1 saturated carbocycles. The fraction of sp³-hybridized carbons (Fsp3) is 0.607. The zero-order chi connectivity index (χ0) is 27.0. The van der Waals surface area contributed by atoms with Crippen LogP contribution in [0.2, 0.25) is 0 Å². The van der Waals surface area contributed by atoms with Crippen LogP contribution in [0.4, 0.5) is 0 Å². The van der Waals surface area contributed by atoms with Crippen LogP contribution in [-0.2, 0) is 20.9 Å². The van der Waals surface area contributed by atoms with E-state index in [1.807, 2.05) is 33.2 Å². The molecule has 0 aromatic heterocycles. The monoisotopic (exact) mass is 523 g/mol. The number of thioether (sulfide) groups is 1. The van der Waals surface area contributed by atoms with Crippen molar-refractivity contribution < 1.29 is 14.4 Å². The summed E-state index contributed by atoms with van der Waals surface area (Å²) in [4.78, 5) is 45.7. The molecule has 1 aromatic rings. The summed E-state index contributed by atoms with van der Waals surface area (Å²) in [6.45, 7) is 10.7. The molecule has 0 radical (unpaired) electrons. The SMILES string of the molecule is Cc1cc(C2SC=NC2C)ccc1CNC(=O)[C@@H]1CCCN1C(=O)[C@@H](NC(=O)C1(C#N)CC1)C(C)(C)C. The Hall–Kier alpha value is -2.86. The number of rotatable bonds is 7. The van der Waals surface area contributed by atoms with Gasteiger partial charge in [0.05, 0.1) is 22.9 Å². The summed E-state index contributed by atoms with van der Waals surface area (Å²) in [5.74, 6) is -0.838. The van der Waals surface area contributed by atoms with Crippen LogP contribution in [0.5, 0.6) is 0 Å². The molecule has 2 heterocycles. The Bertz CT molecular complexity index is 1150. The zero-order valence-electron chi connectivity index (χ0n) is 22.3. The van der Waals surface area contributed by atoms with Gasteiger partial charge in [0.15, 0.2) is 0 Å². The number of hydrogen-bond acceptors (Lipinski definition) is 6. The van der Waals surface area contributed by atoms with E-state index in [0.29, 0.717) is 37.6 Å². The smallest absolute Gasteiger partial charge is 0.246 e. The van der Waals surface area contributed by atoms with Crippen molar-refractivity contribution in [3.63, 3.8) is 0 Å². The van der Waals surface area contributed by atoms with Crippen molar-refractivity contribution in [2.75, 3.05) is 6.54 Å². The standard InChI is InChI=1S/C28H37N5O3S/c1-17-13-19(22-18(2)31-16-37-22)8-9-20(17)14-30-24(34)21-7-6-12-33(21)25(35)23(27(3,4)5)32-26(36)28(15-29)10-11-28/h8-9,13,16,18,21-23H,6-7,10-12,14H2,1-5H3,(H,30,34)(H,32,36)/t18?,21-,22?,23+/m0/s1. The van der Waals surface area contributed by atoms with Crippen molar-refractivity contribution in [1.82, 2.24) is 15.5 Å². The summed E-state index contributed by atoms with van der Waals surface area (Å²) in [5.41, 5.74) is 3.71. The van der Waals surface area contributed by atoms with Gasteiger partial charge in [-0.3, -0.25) is 19.4 Å². The highest BCUT2D eigenvalue weighted by Gasteiger charge is 2.53. The number of aliphatic imine (C=N–C) groups is 1. The van der Waals surface area contributed by atoms with Crippen molar-refractivity contribution in [2.45, 2.75) is 90.2 Å². The van der Waals surface area contributed by atoms with E-state index < -0.39 is 22.9 Å². The average molecular weight is 524 g/mol. The van der Waals surface area contributed by atoms with Gasteiger partial charge in [-0.25, -0.2) is 0 Å². The molecule has 2 N–H and O–H groups in total. The van der Waals surface area contributed by atoms with Crippen LogP contribution >= 0.6 is 11.8 Å². The number of nitrogens with zero attached hydrogens (tertiary/aromatic N) is 3. The second-order valence-corrected chi connectivity index (χ2v) is 12.6. The molecule has 2 unspecified atom stereocenters. The Labute approximate surface area is 223 Å². The highest BCUT2D eigenvalue weighted by atomic mass is 32.2. The van der Waals surface area contributed by atoms with Gasteiger partial charge in [-0.2, -0.15) is 5.26 Å². The molecule has 1 saturated heterocycles. The fourth-order valence-corrected chi connectivity index (χ4v) is 6.04. The van der Waals surface area contributed by atoms with E-state index >= 15 is 0 Å². The number of aryl methyl sites for hydroxylation is 1. The van der Waals surface area contributed by atoms with E-state index in [-0.39, 0.29) is 23.8 Å². The number of carbonyl (C=O) groups excluding carboxylic acids is 3. The number of benzene rings is 1. The van der Waals surface area contributed by atoms with Crippen molar-refractivity contribution in [2.24, 2.45) is 15.8 Å². The number of carbonyl (C=O) groups is 3. The zero-order valence-corrected chi connectivity index (χ0v) is 23.2. The van der Waals surface area contributed by atoms with Gasteiger partial charge in [0, 0.05) is 13.1 Å². The Morgan fingerprint density at radius 1 is 1.30 bits per heavy atom. The molecule has 4 atom stereocenters. The predicted octanol–water partition coefficient (Wildman–Crippen LogP) is 3.64. The lowest BCUT2D eigenvalue weighted by Gasteiger charge is -2.35. The number of amides is 3. The second kappa shape index (κ2) is 10.5. The minimum absolute atomic E-state index is 0.183. The normalized spacial score (nSPS) is 24.9. The van der Waals surface area contributed by atoms with Gasteiger partial charge in [-0.1, -0.05) is 39.0 Å². The Morgan fingerprint density at radius 2 is 2.03 bits per heavy atom. The first-order valence-corrected chi connectivity index (χ1v) is 14.0. The van der Waals surface area contributed by atoms with Gasteiger partial charge < -0.3 is 15.5 Å². The summed E-state index contributed by atoms with van der Waals surface area (Å²) >= 11 is 1.73. The van der Waals surface area contributed by atoms with Gasteiger partial charge in [0.2, 0.25) is 17.7 Å². The number of nitrogens with one attached hydrogen (secondary N) is 2. The lowest BCUT2D eigenvalue weighted by Crippen LogP contribution is -2.58. The number of nitriles is 1. The van der Waals surface area contributed by atoms with E-state index in [1.165, 1.54) is 5.56 Å². The molecule has 37 heavy (non-hydrogen) atoms. The molecule has 4 rings (SSSR count). The highest BCUT2D eigenvalue weighted by molar-refractivity contribution is 8.12. The lowest BCUT2D eigenvalue weighted by atomic mass is 9.85. The van der Waals surface area contributed by atoms with E-state index in [2.05, 4.69) is 46.8 Å². The Kier molecular flexibility index (Phi) is 7.70. The molecule has 9 heteroatoms. The first kappa shape index (κ1) is 27.2. The van der Waals surface area contributed by atoms with Crippen LogP contribution in [0.15, 0.2) is 23.2 Å². The number of likely N-dealkylation sites (tertiary alicyclic amines) is 1. The van der Waals surface area contributed by atoms with Crippen LogP contribution in [0.1, 0.15) is 75.3 Å². The Morgan fingerprint density at radius 3 is 2.59 bits per heavy atom. The van der Waals surface area contributed by atoms with Crippen molar-refractivity contribution in [3.05, 3.63) is 34.9 Å². The molecule has 2 aliphatic heterocycles. The summed E-state index contributed by atoms with van der Waals surface area (Å²) < 4.78 is 0. The van der Waals surface area contributed by atoms with E-state index in [4.69, 9.17) is 0 Å². The largest absolute Gasteiger partial charge is 0.350 e. The molecule has 198 valence electrons. The van der Waals surface area contributed by atoms with Gasteiger partial charge in [0.25, 0.3) is 0 Å². The summed E-state index contributed by atoms with van der Waals surface area (Å²) in [7, 11) is 0. The maximum atomic E-state index is 13.6. The molecule has 0 spiro atoms. The third-order valence-electron chi connectivity index (χ3n) is 7.72. The maximum Gasteiger partial charge on any atom is 0.246 e. The highest BCUT2D eigenvalue weighted by Crippen LogP contribution is 2.45. The van der Waals surface area contributed by atoms with Gasteiger partial charge >= 0.3 is 0 Å². The summed E-state index contributed by atoms with van der Waals surface area (Å²) in [6, 6.07) is 7.28. The second-order valence-electron chi connectivity index (χ2n) is 11.6. The molecule has 1 aliphatic carbocycles. The average Bonchev–Trinajstić information content (AvgIpc) is 3.28. The molecular formula is C28H37N5O3S. The first-order valence-electron chi connectivity index (χ1n) is 13.0. The summed E-state index contributed by atoms with van der Waals surface area (Å²) in [6.07, 6.45) is 2.34. The molecule has 1 aromatic carbocycles. The lowest BCUT2D eigenvalue weighted by molar-refractivity contribution is -0.144. The van der Waals surface area contributed by atoms with Gasteiger partial charge in [-0.15, -0.1) is 11.8 Å². The minimum atomic E-state index is -1.01. The van der Waals surface area contributed by atoms with Crippen molar-refractivity contribution in [1.29, 1.82) is 5.26 Å². The molecule has 3 amide bonds. The molecule has 2 fully saturated rings. The van der Waals surface area contributed by atoms with E-state index in [0.717, 1.165) is 17.5 Å².